The summed E-state index contributed by atoms with van der Waals surface area (Å²) in [6.45, 7) is 10.3. The first-order valence-corrected chi connectivity index (χ1v) is 8.40. The van der Waals surface area contributed by atoms with Gasteiger partial charge >= 0.3 is 0 Å². The molecule has 1 aliphatic heterocycles. The molecule has 21 heavy (non-hydrogen) atoms. The van der Waals surface area contributed by atoms with Gasteiger partial charge in [0, 0.05) is 19.2 Å². The van der Waals surface area contributed by atoms with Crippen LogP contribution >= 0.6 is 0 Å². The van der Waals surface area contributed by atoms with Crippen LogP contribution in [0, 0.1) is 17.2 Å². The first-order chi connectivity index (χ1) is 9.95. The zero-order valence-corrected chi connectivity index (χ0v) is 14.3. The predicted octanol–water partition coefficient (Wildman–Crippen LogP) is 2.80. The van der Waals surface area contributed by atoms with Crippen LogP contribution in [0.5, 0.6) is 0 Å². The Morgan fingerprint density at radius 3 is 2.76 bits per heavy atom. The molecule has 1 saturated heterocycles. The van der Waals surface area contributed by atoms with E-state index in [0.717, 1.165) is 45.6 Å². The fourth-order valence-electron chi connectivity index (χ4n) is 3.14. The van der Waals surface area contributed by atoms with Crippen LogP contribution < -0.4 is 5.32 Å². The Morgan fingerprint density at radius 2 is 2.19 bits per heavy atom. The molecule has 2 atom stereocenters. The third-order valence-electron chi connectivity index (χ3n) is 4.15. The Hall–Kier alpha value is -0.630. The molecule has 2 unspecified atom stereocenters. The number of hydrogen-bond acceptors (Lipinski definition) is 4. The van der Waals surface area contributed by atoms with Crippen LogP contribution in [0.4, 0.5) is 0 Å². The number of nitriles is 1. The Morgan fingerprint density at radius 1 is 1.43 bits per heavy atom. The molecule has 1 aliphatic rings. The molecule has 1 rings (SSSR count). The van der Waals surface area contributed by atoms with Crippen molar-refractivity contribution in [3.8, 4) is 6.07 Å². The van der Waals surface area contributed by atoms with Crippen molar-refractivity contribution in [3.05, 3.63) is 0 Å². The molecule has 0 aromatic rings. The van der Waals surface area contributed by atoms with Gasteiger partial charge in [0.05, 0.1) is 12.7 Å². The lowest BCUT2D eigenvalue weighted by Crippen LogP contribution is -2.45. The molecular weight excluding hydrogens is 262 g/mol. The highest BCUT2D eigenvalue weighted by atomic mass is 16.5. The molecule has 1 fully saturated rings. The Kier molecular flexibility index (Phi) is 8.24. The van der Waals surface area contributed by atoms with Gasteiger partial charge in [-0.2, -0.15) is 5.26 Å². The zero-order valence-electron chi connectivity index (χ0n) is 14.3. The van der Waals surface area contributed by atoms with Gasteiger partial charge in [-0.15, -0.1) is 0 Å². The van der Waals surface area contributed by atoms with Crippen molar-refractivity contribution in [1.82, 2.24) is 10.2 Å². The van der Waals surface area contributed by atoms with Crippen LogP contribution in [0.25, 0.3) is 0 Å². The van der Waals surface area contributed by atoms with Crippen LogP contribution in [-0.2, 0) is 4.74 Å². The van der Waals surface area contributed by atoms with Crippen molar-refractivity contribution in [2.75, 3.05) is 33.4 Å². The van der Waals surface area contributed by atoms with Crippen molar-refractivity contribution >= 4 is 0 Å². The first kappa shape index (κ1) is 18.4. The molecule has 1 N–H and O–H groups in total. The van der Waals surface area contributed by atoms with Crippen molar-refractivity contribution in [2.24, 2.45) is 5.92 Å². The smallest absolute Gasteiger partial charge is 0.104 e. The molecule has 122 valence electrons. The van der Waals surface area contributed by atoms with Crippen LogP contribution in [0.15, 0.2) is 0 Å². The van der Waals surface area contributed by atoms with E-state index >= 15 is 0 Å². The standard InChI is InChI=1S/C17H33N3O/c1-15(2)19-17(3,14-18)9-5-6-10-20(4)12-16-8-7-11-21-13-16/h15-16,19H,5-13H2,1-4H3. The van der Waals surface area contributed by atoms with Gasteiger partial charge in [0.1, 0.15) is 5.54 Å². The van der Waals surface area contributed by atoms with E-state index in [-0.39, 0.29) is 5.54 Å². The SMILES string of the molecule is CC(C)NC(C)(C#N)CCCCN(C)CC1CCCOC1. The normalized spacial score (nSPS) is 22.2. The van der Waals surface area contributed by atoms with Gasteiger partial charge in [-0.05, 0) is 72.4 Å². The van der Waals surface area contributed by atoms with E-state index in [4.69, 9.17) is 4.74 Å². The summed E-state index contributed by atoms with van der Waals surface area (Å²) in [4.78, 5) is 2.42. The van der Waals surface area contributed by atoms with E-state index in [0.29, 0.717) is 12.0 Å². The molecule has 0 saturated carbocycles. The van der Waals surface area contributed by atoms with Crippen LogP contribution in [0.2, 0.25) is 0 Å². The second kappa shape index (κ2) is 9.40. The highest BCUT2D eigenvalue weighted by Crippen LogP contribution is 2.16. The van der Waals surface area contributed by atoms with Crippen molar-refractivity contribution in [1.29, 1.82) is 5.26 Å². The lowest BCUT2D eigenvalue weighted by atomic mass is 9.95. The second-order valence-corrected chi connectivity index (χ2v) is 7.05. The fraction of sp³-hybridized carbons (Fsp3) is 0.941. The molecule has 0 aromatic heterocycles. The molecule has 0 radical (unpaired) electrons. The van der Waals surface area contributed by atoms with Crippen molar-refractivity contribution < 1.29 is 4.74 Å². The number of rotatable bonds is 9. The number of hydrogen-bond donors (Lipinski definition) is 1. The first-order valence-electron chi connectivity index (χ1n) is 8.40. The molecule has 0 amide bonds. The number of nitrogens with zero attached hydrogens (tertiary/aromatic N) is 2. The largest absolute Gasteiger partial charge is 0.381 e. The summed E-state index contributed by atoms with van der Waals surface area (Å²) in [7, 11) is 2.20. The topological polar surface area (TPSA) is 48.3 Å². The van der Waals surface area contributed by atoms with E-state index in [1.807, 2.05) is 6.92 Å². The monoisotopic (exact) mass is 295 g/mol. The fourth-order valence-corrected chi connectivity index (χ4v) is 3.14. The average Bonchev–Trinajstić information content (AvgIpc) is 2.44. The van der Waals surface area contributed by atoms with Gasteiger partial charge < -0.3 is 9.64 Å². The Labute approximate surface area is 130 Å². The zero-order chi connectivity index (χ0) is 15.7. The predicted molar refractivity (Wildman–Crippen MR) is 87.2 cm³/mol. The third-order valence-corrected chi connectivity index (χ3v) is 4.15. The highest BCUT2D eigenvalue weighted by molar-refractivity contribution is 5.04. The van der Waals surface area contributed by atoms with E-state index in [1.54, 1.807) is 0 Å². The van der Waals surface area contributed by atoms with E-state index in [1.165, 1.54) is 12.8 Å². The summed E-state index contributed by atoms with van der Waals surface area (Å²) < 4.78 is 5.53. The van der Waals surface area contributed by atoms with Gasteiger partial charge in [0.2, 0.25) is 0 Å². The summed E-state index contributed by atoms with van der Waals surface area (Å²) in [6, 6.07) is 2.77. The lowest BCUT2D eigenvalue weighted by molar-refractivity contribution is 0.0418. The number of unbranched alkanes of at least 4 members (excludes halogenated alkanes) is 1. The highest BCUT2D eigenvalue weighted by Gasteiger charge is 2.23. The summed E-state index contributed by atoms with van der Waals surface area (Å²) in [5.74, 6) is 0.704. The van der Waals surface area contributed by atoms with Gasteiger partial charge in [-0.1, -0.05) is 0 Å². The maximum absolute atomic E-state index is 9.32. The molecule has 0 aromatic carbocycles. The molecular formula is C17H33N3O. The van der Waals surface area contributed by atoms with E-state index in [2.05, 4.69) is 37.2 Å². The summed E-state index contributed by atoms with van der Waals surface area (Å²) in [5, 5.41) is 12.7. The molecule has 0 spiro atoms. The minimum absolute atomic E-state index is 0.351. The Bertz CT molecular complexity index is 320. The summed E-state index contributed by atoms with van der Waals surface area (Å²) in [6.07, 6.45) is 5.67. The maximum atomic E-state index is 9.32. The molecule has 1 heterocycles. The quantitative estimate of drug-likeness (QED) is 0.665. The van der Waals surface area contributed by atoms with Crippen molar-refractivity contribution in [2.45, 2.75) is 64.5 Å². The van der Waals surface area contributed by atoms with E-state index in [9.17, 15) is 5.26 Å². The van der Waals surface area contributed by atoms with Gasteiger partial charge in [-0.3, -0.25) is 5.32 Å². The third kappa shape index (κ3) is 7.80. The van der Waals surface area contributed by atoms with Crippen molar-refractivity contribution in [3.63, 3.8) is 0 Å². The van der Waals surface area contributed by atoms with Gasteiger partial charge in [0.25, 0.3) is 0 Å². The maximum Gasteiger partial charge on any atom is 0.104 e. The van der Waals surface area contributed by atoms with E-state index < -0.39 is 0 Å². The van der Waals surface area contributed by atoms with Crippen LogP contribution in [-0.4, -0.2) is 49.8 Å². The molecule has 0 bridgehead atoms. The van der Waals surface area contributed by atoms with Crippen LogP contribution in [0.3, 0.4) is 0 Å². The Balaban J connectivity index is 2.16. The second-order valence-electron chi connectivity index (χ2n) is 7.05. The average molecular weight is 295 g/mol. The number of nitrogens with one attached hydrogen (secondary N) is 1. The molecule has 4 heteroatoms. The summed E-state index contributed by atoms with van der Waals surface area (Å²) in [5.41, 5.74) is -0.385. The van der Waals surface area contributed by atoms with Gasteiger partial charge in [-0.25, -0.2) is 0 Å². The molecule has 0 aliphatic carbocycles. The summed E-state index contributed by atoms with van der Waals surface area (Å²) >= 11 is 0. The molecule has 4 nitrogen and oxygen atoms in total. The lowest BCUT2D eigenvalue weighted by Gasteiger charge is -2.28. The van der Waals surface area contributed by atoms with Gasteiger partial charge in [0.15, 0.2) is 0 Å². The van der Waals surface area contributed by atoms with Crippen LogP contribution in [0.1, 0.15) is 52.9 Å². The minimum Gasteiger partial charge on any atom is -0.381 e. The minimum atomic E-state index is -0.385. The number of ether oxygens (including phenoxy) is 1.